The molecule has 2 heterocycles. The van der Waals surface area contributed by atoms with Gasteiger partial charge >= 0.3 is 6.09 Å². The Hall–Kier alpha value is -2.41. The standard InChI is InChI=1S/C16H18FN3O3/c1-22-10-7-12-11(3-5-19-15(12)13(17)8-10)14-9-20(6-2-4-18)16(21)23-14/h3,5,7-8,14H,2,4,6,9,18H2,1H3/t14-/m0/s1. The molecule has 0 spiro atoms. The van der Waals surface area contributed by atoms with Crippen molar-refractivity contribution in [3.63, 3.8) is 0 Å². The second-order valence-electron chi connectivity index (χ2n) is 5.37. The van der Waals surface area contributed by atoms with Crippen LogP contribution in [-0.4, -0.2) is 42.7 Å². The summed E-state index contributed by atoms with van der Waals surface area (Å²) >= 11 is 0. The summed E-state index contributed by atoms with van der Waals surface area (Å²) in [4.78, 5) is 17.6. The molecule has 0 saturated carbocycles. The van der Waals surface area contributed by atoms with E-state index in [1.807, 2.05) is 0 Å². The number of ether oxygens (including phenoxy) is 2. The van der Waals surface area contributed by atoms with Gasteiger partial charge in [-0.25, -0.2) is 9.18 Å². The predicted molar refractivity (Wildman–Crippen MR) is 82.7 cm³/mol. The Morgan fingerprint density at radius 1 is 1.52 bits per heavy atom. The molecule has 7 heteroatoms. The quantitative estimate of drug-likeness (QED) is 0.914. The van der Waals surface area contributed by atoms with Gasteiger partial charge in [0.2, 0.25) is 0 Å². The lowest BCUT2D eigenvalue weighted by Crippen LogP contribution is -2.27. The van der Waals surface area contributed by atoms with Crippen LogP contribution in [0.4, 0.5) is 9.18 Å². The zero-order valence-corrected chi connectivity index (χ0v) is 12.8. The molecule has 1 aromatic heterocycles. The second-order valence-corrected chi connectivity index (χ2v) is 5.37. The van der Waals surface area contributed by atoms with Gasteiger partial charge < -0.3 is 20.1 Å². The summed E-state index contributed by atoms with van der Waals surface area (Å²) in [6, 6.07) is 4.73. The summed E-state index contributed by atoms with van der Waals surface area (Å²) in [6.07, 6.45) is 1.39. The van der Waals surface area contributed by atoms with Crippen LogP contribution in [0.5, 0.6) is 5.75 Å². The van der Waals surface area contributed by atoms with E-state index in [1.54, 1.807) is 17.0 Å². The first kappa shape index (κ1) is 15.5. The van der Waals surface area contributed by atoms with E-state index in [0.29, 0.717) is 37.2 Å². The monoisotopic (exact) mass is 319 g/mol. The Balaban J connectivity index is 1.97. The number of nitrogens with two attached hydrogens (primary N) is 1. The lowest BCUT2D eigenvalue weighted by molar-refractivity contribution is 0.133. The van der Waals surface area contributed by atoms with Gasteiger partial charge in [0, 0.05) is 29.8 Å². The van der Waals surface area contributed by atoms with Gasteiger partial charge in [-0.15, -0.1) is 0 Å². The van der Waals surface area contributed by atoms with Gasteiger partial charge in [-0.1, -0.05) is 0 Å². The highest BCUT2D eigenvalue weighted by atomic mass is 19.1. The van der Waals surface area contributed by atoms with Crippen molar-refractivity contribution in [2.75, 3.05) is 26.7 Å². The number of halogens is 1. The number of hydrogen-bond donors (Lipinski definition) is 1. The molecule has 1 aliphatic heterocycles. The van der Waals surface area contributed by atoms with E-state index in [1.165, 1.54) is 19.4 Å². The largest absolute Gasteiger partial charge is 0.497 e. The van der Waals surface area contributed by atoms with Crippen LogP contribution in [0.15, 0.2) is 24.4 Å². The fourth-order valence-electron chi connectivity index (χ4n) is 2.74. The molecule has 0 radical (unpaired) electrons. The Bertz CT molecular complexity index is 738. The van der Waals surface area contributed by atoms with Crippen molar-refractivity contribution in [3.05, 3.63) is 35.8 Å². The van der Waals surface area contributed by atoms with Gasteiger partial charge in [0.1, 0.15) is 17.4 Å². The minimum absolute atomic E-state index is 0.236. The molecule has 122 valence electrons. The number of cyclic esters (lactones) is 1. The van der Waals surface area contributed by atoms with Crippen LogP contribution in [0.25, 0.3) is 10.9 Å². The van der Waals surface area contributed by atoms with Crippen molar-refractivity contribution in [3.8, 4) is 5.75 Å². The molecule has 6 nitrogen and oxygen atoms in total. The molecule has 1 saturated heterocycles. The third kappa shape index (κ3) is 2.92. The lowest BCUT2D eigenvalue weighted by atomic mass is 10.0. The summed E-state index contributed by atoms with van der Waals surface area (Å²) in [7, 11) is 1.47. The number of nitrogens with zero attached hydrogens (tertiary/aromatic N) is 2. The van der Waals surface area contributed by atoms with Crippen LogP contribution in [0.3, 0.4) is 0 Å². The molecule has 23 heavy (non-hydrogen) atoms. The molecule has 1 amide bonds. The van der Waals surface area contributed by atoms with Crippen LogP contribution in [-0.2, 0) is 4.74 Å². The molecular formula is C16H18FN3O3. The molecule has 1 fully saturated rings. The van der Waals surface area contributed by atoms with Crippen LogP contribution in [0, 0.1) is 5.82 Å². The fourth-order valence-corrected chi connectivity index (χ4v) is 2.74. The molecule has 1 aliphatic rings. The third-order valence-corrected chi connectivity index (χ3v) is 3.91. The van der Waals surface area contributed by atoms with Crippen LogP contribution in [0.2, 0.25) is 0 Å². The second kappa shape index (κ2) is 6.37. The summed E-state index contributed by atoms with van der Waals surface area (Å²) < 4.78 is 24.7. The number of aromatic nitrogens is 1. The molecule has 0 bridgehead atoms. The Kier molecular flexibility index (Phi) is 4.29. The fraction of sp³-hybridized carbons (Fsp3) is 0.375. The zero-order valence-electron chi connectivity index (χ0n) is 12.8. The Morgan fingerprint density at radius 2 is 2.35 bits per heavy atom. The average Bonchev–Trinajstić information content (AvgIpc) is 2.93. The third-order valence-electron chi connectivity index (χ3n) is 3.91. The highest BCUT2D eigenvalue weighted by Gasteiger charge is 2.33. The van der Waals surface area contributed by atoms with E-state index in [9.17, 15) is 9.18 Å². The number of fused-ring (bicyclic) bond motifs is 1. The minimum atomic E-state index is -0.467. The van der Waals surface area contributed by atoms with Gasteiger partial charge in [0.25, 0.3) is 0 Å². The van der Waals surface area contributed by atoms with Gasteiger partial charge in [-0.05, 0) is 25.1 Å². The van der Waals surface area contributed by atoms with Crippen molar-refractivity contribution in [1.82, 2.24) is 9.88 Å². The van der Waals surface area contributed by atoms with Crippen LogP contribution in [0.1, 0.15) is 18.1 Å². The van der Waals surface area contributed by atoms with Crippen LogP contribution < -0.4 is 10.5 Å². The zero-order chi connectivity index (χ0) is 16.4. The maximum atomic E-state index is 14.1. The first-order valence-electron chi connectivity index (χ1n) is 7.42. The molecule has 0 aliphatic carbocycles. The maximum Gasteiger partial charge on any atom is 0.410 e. The van der Waals surface area contributed by atoms with Crippen molar-refractivity contribution in [2.45, 2.75) is 12.5 Å². The Morgan fingerprint density at radius 3 is 3.09 bits per heavy atom. The smallest absolute Gasteiger partial charge is 0.410 e. The van der Waals surface area contributed by atoms with Crippen molar-refractivity contribution in [2.24, 2.45) is 5.73 Å². The van der Waals surface area contributed by atoms with E-state index in [0.717, 1.165) is 5.56 Å². The molecular weight excluding hydrogens is 301 g/mol. The molecule has 2 aromatic rings. The molecule has 1 atom stereocenters. The van der Waals surface area contributed by atoms with Crippen LogP contribution >= 0.6 is 0 Å². The summed E-state index contributed by atoms with van der Waals surface area (Å²) in [5.74, 6) is -0.0703. The van der Waals surface area contributed by atoms with Crippen molar-refractivity contribution in [1.29, 1.82) is 0 Å². The number of carbonyl (C=O) groups excluding carboxylic acids is 1. The molecule has 2 N–H and O–H groups in total. The van der Waals surface area contributed by atoms with E-state index in [4.69, 9.17) is 15.2 Å². The Labute approximate surface area is 133 Å². The average molecular weight is 319 g/mol. The number of rotatable bonds is 5. The number of hydrogen-bond acceptors (Lipinski definition) is 5. The van der Waals surface area contributed by atoms with Gasteiger partial charge in [-0.2, -0.15) is 0 Å². The number of methoxy groups -OCH3 is 1. The number of amides is 1. The number of benzene rings is 1. The van der Waals surface area contributed by atoms with Crippen molar-refractivity contribution >= 4 is 17.0 Å². The highest BCUT2D eigenvalue weighted by molar-refractivity contribution is 5.85. The van der Waals surface area contributed by atoms with E-state index in [-0.39, 0.29) is 11.6 Å². The summed E-state index contributed by atoms with van der Waals surface area (Å²) in [5.41, 5.74) is 6.43. The van der Waals surface area contributed by atoms with Crippen molar-refractivity contribution < 1.29 is 18.7 Å². The molecule has 1 aromatic carbocycles. The number of pyridine rings is 1. The summed E-state index contributed by atoms with van der Waals surface area (Å²) in [6.45, 7) is 1.47. The first-order valence-corrected chi connectivity index (χ1v) is 7.42. The van der Waals surface area contributed by atoms with E-state index in [2.05, 4.69) is 4.98 Å². The summed E-state index contributed by atoms with van der Waals surface area (Å²) in [5, 5.41) is 0.586. The molecule has 3 rings (SSSR count). The normalized spacial score (nSPS) is 17.6. The number of carbonyl (C=O) groups is 1. The topological polar surface area (TPSA) is 77.7 Å². The van der Waals surface area contributed by atoms with Gasteiger partial charge in [-0.3, -0.25) is 4.98 Å². The lowest BCUT2D eigenvalue weighted by Gasteiger charge is -2.14. The van der Waals surface area contributed by atoms with Gasteiger partial charge in [0.15, 0.2) is 5.82 Å². The van der Waals surface area contributed by atoms with E-state index >= 15 is 0 Å². The van der Waals surface area contributed by atoms with Gasteiger partial charge in [0.05, 0.1) is 13.7 Å². The predicted octanol–water partition coefficient (Wildman–Crippen LogP) is 2.22. The van der Waals surface area contributed by atoms with E-state index < -0.39 is 11.9 Å². The SMILES string of the molecule is COc1cc(F)c2nccc([C@@H]3CN(CCCN)C(=O)O3)c2c1. The first-order chi connectivity index (χ1) is 11.1. The highest BCUT2D eigenvalue weighted by Crippen LogP contribution is 2.33. The maximum absolute atomic E-state index is 14.1. The molecule has 0 unspecified atom stereocenters. The minimum Gasteiger partial charge on any atom is -0.497 e.